The van der Waals surface area contributed by atoms with Crippen molar-refractivity contribution in [1.82, 2.24) is 9.88 Å². The monoisotopic (exact) mass is 382 g/mol. The summed E-state index contributed by atoms with van der Waals surface area (Å²) in [6, 6.07) is 6.26. The molecule has 1 atom stereocenters. The van der Waals surface area contributed by atoms with Crippen LogP contribution in [0.3, 0.4) is 0 Å². The molecule has 0 saturated heterocycles. The minimum atomic E-state index is -4.59. The van der Waals surface area contributed by atoms with E-state index in [0.29, 0.717) is 37.0 Å². The summed E-state index contributed by atoms with van der Waals surface area (Å²) in [4.78, 5) is 23.9. The number of hydrogen-bond acceptors (Lipinski definition) is 4. The zero-order valence-corrected chi connectivity index (χ0v) is 14.4. The number of hydrogen-bond donors (Lipinski definition) is 1. The van der Waals surface area contributed by atoms with E-state index in [-0.39, 0.29) is 0 Å². The SMILES string of the molecule is C[C@@H](NC(=O)Cn1cc(C(F)(F)F)ccc1=O)c1ccc2c(c1)OCCO2. The van der Waals surface area contributed by atoms with Crippen LogP contribution in [0.5, 0.6) is 11.5 Å². The lowest BCUT2D eigenvalue weighted by atomic mass is 10.1. The molecule has 0 spiro atoms. The molecule has 9 heteroatoms. The van der Waals surface area contributed by atoms with Gasteiger partial charge in [-0.05, 0) is 30.7 Å². The predicted molar refractivity (Wildman–Crippen MR) is 89.7 cm³/mol. The Balaban J connectivity index is 1.70. The molecule has 144 valence electrons. The van der Waals surface area contributed by atoms with E-state index in [1.165, 1.54) is 0 Å². The standard InChI is InChI=1S/C18H17F3N2O4/c1-11(12-2-4-14-15(8-12)27-7-6-26-14)22-16(24)10-23-9-13(18(19,20)21)3-5-17(23)25/h2-5,8-9,11H,6-7,10H2,1H3,(H,22,24)/t11-/m1/s1. The van der Waals surface area contributed by atoms with Crippen molar-refractivity contribution in [2.24, 2.45) is 0 Å². The molecule has 3 rings (SSSR count). The fourth-order valence-corrected chi connectivity index (χ4v) is 2.68. The van der Waals surface area contributed by atoms with Crippen LogP contribution < -0.4 is 20.3 Å². The third kappa shape index (κ3) is 4.42. The van der Waals surface area contributed by atoms with Gasteiger partial charge in [0.25, 0.3) is 5.56 Å². The summed E-state index contributed by atoms with van der Waals surface area (Å²) in [6.45, 7) is 2.09. The van der Waals surface area contributed by atoms with Gasteiger partial charge in [-0.3, -0.25) is 9.59 Å². The highest BCUT2D eigenvalue weighted by Gasteiger charge is 2.31. The molecular formula is C18H17F3N2O4. The van der Waals surface area contributed by atoms with Gasteiger partial charge in [-0.25, -0.2) is 0 Å². The van der Waals surface area contributed by atoms with Gasteiger partial charge in [-0.2, -0.15) is 13.2 Å². The summed E-state index contributed by atoms with van der Waals surface area (Å²) in [5, 5.41) is 2.66. The largest absolute Gasteiger partial charge is 0.486 e. The van der Waals surface area contributed by atoms with Crippen molar-refractivity contribution in [3.05, 3.63) is 58.0 Å². The van der Waals surface area contributed by atoms with Gasteiger partial charge in [0.05, 0.1) is 11.6 Å². The zero-order valence-electron chi connectivity index (χ0n) is 14.4. The Bertz CT molecular complexity index is 908. The number of benzene rings is 1. The number of amides is 1. The van der Waals surface area contributed by atoms with Gasteiger partial charge in [0.15, 0.2) is 11.5 Å². The highest BCUT2D eigenvalue weighted by Crippen LogP contribution is 2.32. The maximum atomic E-state index is 12.8. The number of pyridine rings is 1. The maximum Gasteiger partial charge on any atom is 0.417 e. The molecule has 0 unspecified atom stereocenters. The number of alkyl halides is 3. The summed E-state index contributed by atoms with van der Waals surface area (Å²) in [5.41, 5.74) is -0.941. The number of nitrogens with one attached hydrogen (secondary N) is 1. The van der Waals surface area contributed by atoms with E-state index in [9.17, 15) is 22.8 Å². The number of halogens is 3. The van der Waals surface area contributed by atoms with Crippen LogP contribution in [0.15, 0.2) is 41.3 Å². The van der Waals surface area contributed by atoms with Crippen LogP contribution in [0.1, 0.15) is 24.1 Å². The molecule has 1 aromatic carbocycles. The van der Waals surface area contributed by atoms with Crippen LogP contribution in [0.2, 0.25) is 0 Å². The highest BCUT2D eigenvalue weighted by molar-refractivity contribution is 5.76. The molecule has 1 aliphatic rings. The number of carbonyl (C=O) groups excluding carboxylic acids is 1. The summed E-state index contributed by atoms with van der Waals surface area (Å²) in [7, 11) is 0. The number of carbonyl (C=O) groups is 1. The topological polar surface area (TPSA) is 69.6 Å². The molecule has 0 aliphatic carbocycles. The first-order chi connectivity index (χ1) is 12.7. The van der Waals surface area contributed by atoms with Crippen molar-refractivity contribution in [2.45, 2.75) is 25.7 Å². The van der Waals surface area contributed by atoms with Crippen LogP contribution >= 0.6 is 0 Å². The maximum absolute atomic E-state index is 12.8. The van der Waals surface area contributed by atoms with Crippen molar-refractivity contribution in [1.29, 1.82) is 0 Å². The smallest absolute Gasteiger partial charge is 0.417 e. The fourth-order valence-electron chi connectivity index (χ4n) is 2.68. The average molecular weight is 382 g/mol. The minimum Gasteiger partial charge on any atom is -0.486 e. The highest BCUT2D eigenvalue weighted by atomic mass is 19.4. The normalized spacial score (nSPS) is 14.5. The molecule has 0 bridgehead atoms. The predicted octanol–water partition coefficient (Wildman–Crippen LogP) is 2.52. The van der Waals surface area contributed by atoms with E-state index >= 15 is 0 Å². The summed E-state index contributed by atoms with van der Waals surface area (Å²) in [5.74, 6) is 0.590. The zero-order chi connectivity index (χ0) is 19.6. The number of aromatic nitrogens is 1. The average Bonchev–Trinajstić information content (AvgIpc) is 2.62. The fraction of sp³-hybridized carbons (Fsp3) is 0.333. The minimum absolute atomic E-state index is 0.426. The first kappa shape index (κ1) is 18.8. The molecule has 6 nitrogen and oxygen atoms in total. The molecule has 27 heavy (non-hydrogen) atoms. The first-order valence-electron chi connectivity index (χ1n) is 8.20. The van der Waals surface area contributed by atoms with E-state index in [4.69, 9.17) is 9.47 Å². The van der Waals surface area contributed by atoms with Crippen LogP contribution in [-0.4, -0.2) is 23.7 Å². The van der Waals surface area contributed by atoms with Gasteiger partial charge in [-0.1, -0.05) is 6.07 Å². The lowest BCUT2D eigenvalue weighted by Gasteiger charge is -2.21. The summed E-state index contributed by atoms with van der Waals surface area (Å²) < 4.78 is 50.0. The molecule has 0 fully saturated rings. The van der Waals surface area contributed by atoms with E-state index < -0.39 is 35.8 Å². The van der Waals surface area contributed by atoms with Crippen molar-refractivity contribution in [2.75, 3.05) is 13.2 Å². The molecule has 0 saturated carbocycles. The van der Waals surface area contributed by atoms with E-state index in [1.54, 1.807) is 25.1 Å². The van der Waals surface area contributed by atoms with Crippen molar-refractivity contribution >= 4 is 5.91 Å². The van der Waals surface area contributed by atoms with Gasteiger partial charge in [0, 0.05) is 12.3 Å². The van der Waals surface area contributed by atoms with Crippen LogP contribution in [-0.2, 0) is 17.5 Å². The van der Waals surface area contributed by atoms with Crippen molar-refractivity contribution in [3.63, 3.8) is 0 Å². The van der Waals surface area contributed by atoms with E-state index in [1.807, 2.05) is 0 Å². The lowest BCUT2D eigenvalue weighted by molar-refractivity contribution is -0.138. The Morgan fingerprint density at radius 3 is 2.59 bits per heavy atom. The summed E-state index contributed by atoms with van der Waals surface area (Å²) >= 11 is 0. The molecule has 2 aromatic rings. The lowest BCUT2D eigenvalue weighted by Crippen LogP contribution is -2.34. The second kappa shape index (κ2) is 7.34. The Labute approximate surface area is 152 Å². The number of fused-ring (bicyclic) bond motifs is 1. The third-order valence-corrected chi connectivity index (χ3v) is 4.07. The Morgan fingerprint density at radius 1 is 1.19 bits per heavy atom. The Morgan fingerprint density at radius 2 is 1.89 bits per heavy atom. The Hall–Kier alpha value is -2.97. The van der Waals surface area contributed by atoms with Crippen LogP contribution in [0, 0.1) is 0 Å². The third-order valence-electron chi connectivity index (χ3n) is 4.07. The molecule has 0 radical (unpaired) electrons. The molecule has 1 aromatic heterocycles. The van der Waals surface area contributed by atoms with Gasteiger partial charge in [0.2, 0.25) is 5.91 Å². The van der Waals surface area contributed by atoms with Crippen LogP contribution in [0.4, 0.5) is 13.2 Å². The molecule has 2 heterocycles. The number of rotatable bonds is 4. The van der Waals surface area contributed by atoms with Crippen molar-refractivity contribution in [3.8, 4) is 11.5 Å². The van der Waals surface area contributed by atoms with E-state index in [2.05, 4.69) is 5.32 Å². The van der Waals surface area contributed by atoms with Gasteiger partial charge in [-0.15, -0.1) is 0 Å². The molecular weight excluding hydrogens is 365 g/mol. The number of ether oxygens (including phenoxy) is 2. The summed E-state index contributed by atoms with van der Waals surface area (Å²) in [6.07, 6.45) is -3.96. The van der Waals surface area contributed by atoms with Crippen LogP contribution in [0.25, 0.3) is 0 Å². The molecule has 1 N–H and O–H groups in total. The van der Waals surface area contributed by atoms with Gasteiger partial charge < -0.3 is 19.4 Å². The van der Waals surface area contributed by atoms with Gasteiger partial charge >= 0.3 is 6.18 Å². The second-order valence-electron chi connectivity index (χ2n) is 6.07. The quantitative estimate of drug-likeness (QED) is 0.882. The van der Waals surface area contributed by atoms with Gasteiger partial charge in [0.1, 0.15) is 19.8 Å². The Kier molecular flexibility index (Phi) is 5.11. The number of nitrogens with zero attached hydrogens (tertiary/aromatic N) is 1. The second-order valence-corrected chi connectivity index (χ2v) is 6.07. The molecule has 1 aliphatic heterocycles. The first-order valence-corrected chi connectivity index (χ1v) is 8.20. The molecule has 1 amide bonds. The van der Waals surface area contributed by atoms with E-state index in [0.717, 1.165) is 16.2 Å². The van der Waals surface area contributed by atoms with Crippen molar-refractivity contribution < 1.29 is 27.4 Å².